The van der Waals surface area contributed by atoms with E-state index in [9.17, 15) is 13.2 Å². The minimum Gasteiger partial charge on any atom is -0.379 e. The minimum absolute atomic E-state index is 0.0860. The van der Waals surface area contributed by atoms with Crippen molar-refractivity contribution in [2.75, 3.05) is 56.6 Å². The Labute approximate surface area is 202 Å². The first-order valence-corrected chi connectivity index (χ1v) is 13.4. The van der Waals surface area contributed by atoms with Gasteiger partial charge in [-0.25, -0.2) is 8.42 Å². The molecule has 2 heterocycles. The summed E-state index contributed by atoms with van der Waals surface area (Å²) in [6, 6.07) is 12.9. The lowest BCUT2D eigenvalue weighted by Crippen LogP contribution is -2.36. The van der Waals surface area contributed by atoms with Gasteiger partial charge < -0.3 is 15.4 Å². The van der Waals surface area contributed by atoms with Crippen molar-refractivity contribution in [3.63, 3.8) is 0 Å². The summed E-state index contributed by atoms with van der Waals surface area (Å²) in [6.07, 6.45) is 2.82. The number of carbonyl (C=O) groups excluding carboxylic acids is 1. The van der Waals surface area contributed by atoms with Crippen molar-refractivity contribution in [3.05, 3.63) is 53.6 Å². The number of amides is 1. The van der Waals surface area contributed by atoms with E-state index in [0.29, 0.717) is 18.8 Å². The molecule has 9 heteroatoms. The molecule has 2 aromatic rings. The maximum Gasteiger partial charge on any atom is 0.243 e. The highest BCUT2D eigenvalue weighted by molar-refractivity contribution is 7.89. The highest BCUT2D eigenvalue weighted by atomic mass is 32.2. The number of ether oxygens (including phenoxy) is 1. The molecule has 0 spiro atoms. The number of hydrogen-bond acceptors (Lipinski definition) is 6. The number of rotatable bonds is 8. The summed E-state index contributed by atoms with van der Waals surface area (Å²) in [6.45, 7) is 7.10. The number of nitrogens with one attached hydrogen (secondary N) is 2. The fraction of sp³-hybridized carbons (Fsp3) is 0.480. The van der Waals surface area contributed by atoms with Gasteiger partial charge in [0.1, 0.15) is 0 Å². The molecule has 2 aliphatic heterocycles. The Morgan fingerprint density at radius 2 is 1.71 bits per heavy atom. The zero-order chi connectivity index (χ0) is 24.0. The zero-order valence-corrected chi connectivity index (χ0v) is 20.6. The van der Waals surface area contributed by atoms with E-state index in [1.807, 2.05) is 25.1 Å². The SMILES string of the molecule is Cc1ccc(S(=O)(=O)N2CCCCC2)cc1NC(=O)CNc1ccccc1CN1CCOCC1. The molecule has 2 aliphatic rings. The summed E-state index contributed by atoms with van der Waals surface area (Å²) >= 11 is 0. The van der Waals surface area contributed by atoms with Crippen molar-refractivity contribution in [3.8, 4) is 0 Å². The third kappa shape index (κ3) is 6.15. The molecule has 184 valence electrons. The molecule has 4 rings (SSSR count). The van der Waals surface area contributed by atoms with Gasteiger partial charge in [0.05, 0.1) is 24.7 Å². The number of piperidine rings is 1. The molecule has 0 aliphatic carbocycles. The van der Waals surface area contributed by atoms with Gasteiger partial charge in [-0.1, -0.05) is 30.7 Å². The van der Waals surface area contributed by atoms with Crippen LogP contribution in [0.2, 0.25) is 0 Å². The number of benzene rings is 2. The molecule has 0 unspecified atom stereocenters. The van der Waals surface area contributed by atoms with Crippen molar-refractivity contribution in [2.24, 2.45) is 0 Å². The maximum atomic E-state index is 13.0. The Balaban J connectivity index is 1.39. The molecule has 1 amide bonds. The first-order chi connectivity index (χ1) is 16.4. The highest BCUT2D eigenvalue weighted by Gasteiger charge is 2.26. The zero-order valence-electron chi connectivity index (χ0n) is 19.8. The second-order valence-electron chi connectivity index (χ2n) is 8.89. The lowest BCUT2D eigenvalue weighted by Gasteiger charge is -2.27. The molecule has 0 radical (unpaired) electrons. The molecule has 34 heavy (non-hydrogen) atoms. The van der Waals surface area contributed by atoms with Gasteiger partial charge in [-0.2, -0.15) is 4.31 Å². The maximum absolute atomic E-state index is 13.0. The molecular weight excluding hydrogens is 452 g/mol. The van der Waals surface area contributed by atoms with Crippen LogP contribution in [0.4, 0.5) is 11.4 Å². The number of sulfonamides is 1. The van der Waals surface area contributed by atoms with Crippen molar-refractivity contribution in [2.45, 2.75) is 37.6 Å². The van der Waals surface area contributed by atoms with Crippen LogP contribution in [-0.4, -0.2) is 69.5 Å². The van der Waals surface area contributed by atoms with Gasteiger partial charge in [0.25, 0.3) is 0 Å². The van der Waals surface area contributed by atoms with Gasteiger partial charge in [0.2, 0.25) is 15.9 Å². The summed E-state index contributed by atoms with van der Waals surface area (Å²) in [5.41, 5.74) is 3.38. The fourth-order valence-corrected chi connectivity index (χ4v) is 5.90. The molecule has 0 saturated carbocycles. The summed E-state index contributed by atoms with van der Waals surface area (Å²) < 4.78 is 33.0. The first kappa shape index (κ1) is 24.7. The van der Waals surface area contributed by atoms with Crippen LogP contribution in [0.25, 0.3) is 0 Å². The summed E-state index contributed by atoms with van der Waals surface area (Å²) in [5.74, 6) is -0.225. The lowest BCUT2D eigenvalue weighted by molar-refractivity contribution is -0.114. The van der Waals surface area contributed by atoms with Crippen LogP contribution in [0, 0.1) is 6.92 Å². The average Bonchev–Trinajstić information content (AvgIpc) is 2.86. The number of nitrogens with zero attached hydrogens (tertiary/aromatic N) is 2. The van der Waals surface area contributed by atoms with E-state index >= 15 is 0 Å². The lowest BCUT2D eigenvalue weighted by atomic mass is 10.1. The third-order valence-electron chi connectivity index (χ3n) is 6.39. The molecule has 2 aromatic carbocycles. The molecular formula is C25H34N4O4S. The second kappa shape index (κ2) is 11.3. The number of carbonyl (C=O) groups is 1. The highest BCUT2D eigenvalue weighted by Crippen LogP contribution is 2.25. The predicted molar refractivity (Wildman–Crippen MR) is 133 cm³/mol. The fourth-order valence-electron chi connectivity index (χ4n) is 4.35. The van der Waals surface area contributed by atoms with Gasteiger partial charge in [-0.05, 0) is 49.1 Å². The smallest absolute Gasteiger partial charge is 0.243 e. The van der Waals surface area contributed by atoms with Crippen molar-refractivity contribution < 1.29 is 17.9 Å². The van der Waals surface area contributed by atoms with E-state index < -0.39 is 10.0 Å². The molecule has 0 bridgehead atoms. The van der Waals surface area contributed by atoms with Crippen LogP contribution in [0.1, 0.15) is 30.4 Å². The second-order valence-corrected chi connectivity index (χ2v) is 10.8. The van der Waals surface area contributed by atoms with Gasteiger partial charge >= 0.3 is 0 Å². The van der Waals surface area contributed by atoms with Gasteiger partial charge in [0.15, 0.2) is 0 Å². The normalized spacial score (nSPS) is 17.9. The average molecular weight is 487 g/mol. The Bertz CT molecular complexity index is 1090. The Kier molecular flexibility index (Phi) is 8.20. The molecule has 0 atom stereocenters. The van der Waals surface area contributed by atoms with E-state index in [2.05, 4.69) is 21.6 Å². The number of anilines is 2. The third-order valence-corrected chi connectivity index (χ3v) is 8.28. The Morgan fingerprint density at radius 1 is 0.971 bits per heavy atom. The summed E-state index contributed by atoms with van der Waals surface area (Å²) in [4.78, 5) is 15.3. The summed E-state index contributed by atoms with van der Waals surface area (Å²) in [5, 5.41) is 6.13. The van der Waals surface area contributed by atoms with Gasteiger partial charge in [-0.15, -0.1) is 0 Å². The van der Waals surface area contributed by atoms with Crippen LogP contribution < -0.4 is 10.6 Å². The van der Waals surface area contributed by atoms with Crippen molar-refractivity contribution in [1.29, 1.82) is 0 Å². The van der Waals surface area contributed by atoms with E-state index in [-0.39, 0.29) is 17.3 Å². The van der Waals surface area contributed by atoms with E-state index in [4.69, 9.17) is 4.74 Å². The first-order valence-electron chi connectivity index (χ1n) is 12.0. The minimum atomic E-state index is -3.56. The topological polar surface area (TPSA) is 91.0 Å². The number of hydrogen-bond donors (Lipinski definition) is 2. The monoisotopic (exact) mass is 486 g/mol. The van der Waals surface area contributed by atoms with E-state index in [1.54, 1.807) is 22.5 Å². The molecule has 2 N–H and O–H groups in total. The number of aryl methyl sites for hydroxylation is 1. The standard InChI is InChI=1S/C25H34N4O4S/c1-20-9-10-22(34(31,32)29-11-5-2-6-12-29)17-24(20)27-25(30)18-26-23-8-4-3-7-21(23)19-28-13-15-33-16-14-28/h3-4,7-10,17,26H,2,5-6,11-16,18-19H2,1H3,(H,27,30). The van der Waals surface area contributed by atoms with Gasteiger partial charge in [0, 0.05) is 44.1 Å². The van der Waals surface area contributed by atoms with Gasteiger partial charge in [-0.3, -0.25) is 9.69 Å². The molecule has 0 aromatic heterocycles. The Morgan fingerprint density at radius 3 is 2.47 bits per heavy atom. The Hall–Kier alpha value is -2.46. The van der Waals surface area contributed by atoms with Crippen molar-refractivity contribution in [1.82, 2.24) is 9.21 Å². The molecule has 2 fully saturated rings. The quantitative estimate of drug-likeness (QED) is 0.596. The van der Waals surface area contributed by atoms with Crippen LogP contribution in [-0.2, 0) is 26.1 Å². The van der Waals surface area contributed by atoms with Crippen LogP contribution >= 0.6 is 0 Å². The van der Waals surface area contributed by atoms with Crippen LogP contribution in [0.5, 0.6) is 0 Å². The number of para-hydroxylation sites is 1. The predicted octanol–water partition coefficient (Wildman–Crippen LogP) is 3.05. The molecule has 8 nitrogen and oxygen atoms in total. The van der Waals surface area contributed by atoms with Crippen LogP contribution in [0.3, 0.4) is 0 Å². The van der Waals surface area contributed by atoms with Crippen molar-refractivity contribution >= 4 is 27.3 Å². The molecule has 2 saturated heterocycles. The summed E-state index contributed by atoms with van der Waals surface area (Å²) in [7, 11) is -3.56. The van der Waals surface area contributed by atoms with E-state index in [1.165, 1.54) is 0 Å². The number of morpholine rings is 1. The van der Waals surface area contributed by atoms with Crippen LogP contribution in [0.15, 0.2) is 47.4 Å². The van der Waals surface area contributed by atoms with E-state index in [0.717, 1.165) is 68.9 Å². The largest absolute Gasteiger partial charge is 0.379 e.